The second-order valence-corrected chi connectivity index (χ2v) is 13.1. The molecule has 0 saturated carbocycles. The highest BCUT2D eigenvalue weighted by Crippen LogP contribution is 2.29. The summed E-state index contributed by atoms with van der Waals surface area (Å²) in [7, 11) is 2.10. The summed E-state index contributed by atoms with van der Waals surface area (Å²) in [5, 5.41) is 24.8. The number of amidine groups is 1. The number of nitrogens with one attached hydrogen (secondary N) is 3. The SMILES string of the molecule is CCCC(CCO)N/C(C)=N/C=C(/Cl)C(=N)c1ccc2c(c1)C(=O)N([C@H](C)C(=O)N[C@H](C)c1nc(N3CCN(C)CC3)ccc1Cl)C2. The Labute approximate surface area is 287 Å². The second-order valence-electron chi connectivity index (χ2n) is 12.2. The molecular formula is C34H46Cl2N8O3. The molecule has 4 N–H and O–H groups in total. The predicted molar refractivity (Wildman–Crippen MR) is 189 cm³/mol. The summed E-state index contributed by atoms with van der Waals surface area (Å²) in [6, 6.07) is 7.78. The minimum absolute atomic E-state index is 0.0283. The lowest BCUT2D eigenvalue weighted by Crippen LogP contribution is -2.46. The number of carbonyl (C=O) groups is 2. The van der Waals surface area contributed by atoms with E-state index in [2.05, 4.69) is 39.4 Å². The fourth-order valence-electron chi connectivity index (χ4n) is 5.78. The molecule has 0 spiro atoms. The summed E-state index contributed by atoms with van der Waals surface area (Å²) in [6.07, 6.45) is 3.90. The number of hydrogen-bond acceptors (Lipinski definition) is 8. The molecule has 13 heteroatoms. The monoisotopic (exact) mass is 684 g/mol. The lowest BCUT2D eigenvalue weighted by molar-refractivity contribution is -0.125. The maximum atomic E-state index is 13.5. The molecule has 0 radical (unpaired) electrons. The molecule has 47 heavy (non-hydrogen) atoms. The molecule has 1 unspecified atom stereocenters. The van der Waals surface area contributed by atoms with Gasteiger partial charge in [0.1, 0.15) is 11.9 Å². The first-order valence-corrected chi connectivity index (χ1v) is 16.9. The molecule has 254 valence electrons. The average Bonchev–Trinajstić information content (AvgIpc) is 3.38. The van der Waals surface area contributed by atoms with Gasteiger partial charge in [-0.25, -0.2) is 9.98 Å². The van der Waals surface area contributed by atoms with Gasteiger partial charge in [-0.15, -0.1) is 0 Å². The van der Waals surface area contributed by atoms with Gasteiger partial charge in [0.15, 0.2) is 0 Å². The summed E-state index contributed by atoms with van der Waals surface area (Å²) in [4.78, 5) is 42.0. The van der Waals surface area contributed by atoms with Gasteiger partial charge in [0.2, 0.25) is 5.91 Å². The molecule has 3 heterocycles. The molecule has 1 fully saturated rings. The van der Waals surface area contributed by atoms with Crippen LogP contribution < -0.4 is 15.5 Å². The van der Waals surface area contributed by atoms with Gasteiger partial charge in [-0.1, -0.05) is 48.7 Å². The number of rotatable bonds is 13. The molecule has 2 aliphatic heterocycles. The highest BCUT2D eigenvalue weighted by molar-refractivity contribution is 6.45. The van der Waals surface area contributed by atoms with Gasteiger partial charge in [-0.3, -0.25) is 15.0 Å². The van der Waals surface area contributed by atoms with Crippen LogP contribution in [0.2, 0.25) is 5.02 Å². The molecule has 1 aromatic carbocycles. The number of allylic oxidation sites excluding steroid dienone is 1. The zero-order valence-corrected chi connectivity index (χ0v) is 29.3. The largest absolute Gasteiger partial charge is 0.396 e. The van der Waals surface area contributed by atoms with E-state index in [1.165, 1.54) is 11.1 Å². The predicted octanol–water partition coefficient (Wildman–Crippen LogP) is 4.72. The number of carbonyl (C=O) groups excluding carboxylic acids is 2. The van der Waals surface area contributed by atoms with Crippen molar-refractivity contribution >= 4 is 52.4 Å². The Morgan fingerprint density at radius 2 is 1.87 bits per heavy atom. The van der Waals surface area contributed by atoms with Crippen molar-refractivity contribution in [3.05, 3.63) is 69.0 Å². The fraction of sp³-hybridized carbons (Fsp3) is 0.500. The van der Waals surface area contributed by atoms with Crippen LogP contribution >= 0.6 is 23.2 Å². The Hall–Kier alpha value is -3.51. The second kappa shape index (κ2) is 16.5. The van der Waals surface area contributed by atoms with Crippen molar-refractivity contribution in [2.75, 3.05) is 44.7 Å². The van der Waals surface area contributed by atoms with Crippen LogP contribution in [0.3, 0.4) is 0 Å². The quantitative estimate of drug-likeness (QED) is 0.177. The minimum atomic E-state index is -0.754. The third kappa shape index (κ3) is 9.10. The molecule has 0 aliphatic carbocycles. The zero-order chi connectivity index (χ0) is 34.2. The number of amides is 2. The molecule has 2 aromatic rings. The molecule has 1 saturated heterocycles. The van der Waals surface area contributed by atoms with E-state index in [1.54, 1.807) is 25.1 Å². The summed E-state index contributed by atoms with van der Waals surface area (Å²) < 4.78 is 0. The summed E-state index contributed by atoms with van der Waals surface area (Å²) >= 11 is 13.0. The molecule has 0 bridgehead atoms. The third-order valence-electron chi connectivity index (χ3n) is 8.67. The van der Waals surface area contributed by atoms with Crippen molar-refractivity contribution < 1.29 is 14.7 Å². The first kappa shape index (κ1) is 36.3. The molecule has 2 aliphatic rings. The van der Waals surface area contributed by atoms with Crippen LogP contribution in [0, 0.1) is 5.41 Å². The number of likely N-dealkylation sites (N-methyl/N-ethyl adjacent to an activating group) is 1. The van der Waals surface area contributed by atoms with Crippen LogP contribution in [0.4, 0.5) is 5.82 Å². The van der Waals surface area contributed by atoms with Crippen molar-refractivity contribution in [1.82, 2.24) is 25.4 Å². The molecular weight excluding hydrogens is 639 g/mol. The summed E-state index contributed by atoms with van der Waals surface area (Å²) in [5.41, 5.74) is 2.28. The number of pyridine rings is 1. The van der Waals surface area contributed by atoms with Gasteiger partial charge >= 0.3 is 0 Å². The number of halogens is 2. The molecule has 4 rings (SSSR count). The van der Waals surface area contributed by atoms with Gasteiger partial charge in [0.25, 0.3) is 5.91 Å². The number of fused-ring (bicyclic) bond motifs is 1. The van der Waals surface area contributed by atoms with E-state index in [1.807, 2.05) is 26.0 Å². The first-order valence-electron chi connectivity index (χ1n) is 16.1. The van der Waals surface area contributed by atoms with Gasteiger partial charge in [0.05, 0.1) is 33.3 Å². The van der Waals surface area contributed by atoms with Crippen molar-refractivity contribution in [2.45, 2.75) is 71.6 Å². The number of aliphatic imine (C=N–C) groups is 1. The van der Waals surface area contributed by atoms with Crippen LogP contribution in [-0.2, 0) is 11.3 Å². The van der Waals surface area contributed by atoms with Gasteiger partial charge < -0.3 is 30.4 Å². The Kier molecular flexibility index (Phi) is 12.8. The lowest BCUT2D eigenvalue weighted by Gasteiger charge is -2.33. The topological polar surface area (TPSA) is 137 Å². The first-order chi connectivity index (χ1) is 22.4. The van der Waals surface area contributed by atoms with Crippen LogP contribution in [0.15, 0.2) is 46.6 Å². The number of piperazine rings is 1. The van der Waals surface area contributed by atoms with E-state index in [0.717, 1.165) is 50.4 Å². The molecule has 2 amide bonds. The molecule has 1 aromatic heterocycles. The third-order valence-corrected chi connectivity index (χ3v) is 9.28. The Bertz CT molecular complexity index is 1520. The summed E-state index contributed by atoms with van der Waals surface area (Å²) in [5.74, 6) is 0.847. The smallest absolute Gasteiger partial charge is 0.255 e. The Morgan fingerprint density at radius 3 is 2.55 bits per heavy atom. The van der Waals surface area contributed by atoms with Crippen LogP contribution in [0.5, 0.6) is 0 Å². The van der Waals surface area contributed by atoms with Crippen molar-refractivity contribution in [1.29, 1.82) is 5.41 Å². The van der Waals surface area contributed by atoms with Crippen LogP contribution in [0.25, 0.3) is 0 Å². The molecule has 11 nitrogen and oxygen atoms in total. The van der Waals surface area contributed by atoms with E-state index in [9.17, 15) is 14.7 Å². The normalized spacial score (nSPS) is 17.7. The molecule has 3 atom stereocenters. The Morgan fingerprint density at radius 1 is 1.15 bits per heavy atom. The number of nitrogens with zero attached hydrogens (tertiary/aromatic N) is 5. The van der Waals surface area contributed by atoms with Gasteiger partial charge in [-0.05, 0) is 64.4 Å². The number of aromatic nitrogens is 1. The van der Waals surface area contributed by atoms with E-state index in [0.29, 0.717) is 34.1 Å². The van der Waals surface area contributed by atoms with Gasteiger partial charge in [0, 0.05) is 62.7 Å². The van der Waals surface area contributed by atoms with Crippen molar-refractivity contribution in [2.24, 2.45) is 4.99 Å². The Balaban J connectivity index is 1.40. The standard InChI is InChI=1S/C34H46Cl2N8O3/c1-6-7-26(12-17-45)40-23(4)38-19-29(36)31(37)24-8-9-25-20-44(34(47)27(25)18-24)22(3)33(46)39-21(2)32-28(35)10-11-30(41-32)43-15-13-42(5)14-16-43/h8-11,18-19,21-22,26,37,45H,6-7,12-17,20H2,1-5H3,(H,38,40)(H,39,46)/b29-19+,37-31?/t21-,22-,26?/m1/s1. The number of anilines is 1. The number of benzene rings is 1. The summed E-state index contributed by atoms with van der Waals surface area (Å²) in [6.45, 7) is 11.4. The van der Waals surface area contributed by atoms with Crippen LogP contribution in [0.1, 0.15) is 80.2 Å². The van der Waals surface area contributed by atoms with Crippen molar-refractivity contribution in [3.63, 3.8) is 0 Å². The average molecular weight is 686 g/mol. The van der Waals surface area contributed by atoms with E-state index >= 15 is 0 Å². The number of hydrogen-bond donors (Lipinski definition) is 4. The van der Waals surface area contributed by atoms with Gasteiger partial charge in [-0.2, -0.15) is 0 Å². The van der Waals surface area contributed by atoms with E-state index in [-0.39, 0.29) is 41.8 Å². The fourth-order valence-corrected chi connectivity index (χ4v) is 6.21. The zero-order valence-electron chi connectivity index (χ0n) is 27.8. The van der Waals surface area contributed by atoms with Crippen LogP contribution in [-0.4, -0.2) is 95.2 Å². The van der Waals surface area contributed by atoms with E-state index < -0.39 is 12.1 Å². The number of aliphatic hydroxyl groups is 1. The maximum Gasteiger partial charge on any atom is 0.255 e. The highest BCUT2D eigenvalue weighted by Gasteiger charge is 2.35. The van der Waals surface area contributed by atoms with E-state index in [4.69, 9.17) is 33.6 Å². The maximum absolute atomic E-state index is 13.5. The number of aliphatic hydroxyl groups excluding tert-OH is 1. The highest BCUT2D eigenvalue weighted by atomic mass is 35.5. The lowest BCUT2D eigenvalue weighted by atomic mass is 10.0. The van der Waals surface area contributed by atoms with Crippen molar-refractivity contribution in [3.8, 4) is 0 Å². The minimum Gasteiger partial charge on any atom is -0.396 e.